The Labute approximate surface area is 169 Å². The van der Waals surface area contributed by atoms with Gasteiger partial charge in [0.25, 0.3) is 0 Å². The lowest BCUT2D eigenvalue weighted by Gasteiger charge is -2.13. The van der Waals surface area contributed by atoms with E-state index in [4.69, 9.17) is 14.2 Å². The minimum absolute atomic E-state index is 0.273. The maximum absolute atomic E-state index is 12.5. The standard InChI is InChI=1S/C24H22O5/c1-3-27-20-13-9-18(10-14-20)23(25)17(2)28-24(26)19-11-15-22(16-12-19)29-21-7-5-4-6-8-21/h4-17H,3H2,1-2H3/t17-/m1/s1. The first kappa shape index (κ1) is 20.1. The van der Waals surface area contributed by atoms with Crippen LogP contribution in [-0.2, 0) is 4.74 Å². The smallest absolute Gasteiger partial charge is 0.338 e. The fourth-order valence-corrected chi connectivity index (χ4v) is 2.68. The molecule has 0 N–H and O–H groups in total. The molecule has 3 aromatic rings. The first-order chi connectivity index (χ1) is 14.1. The van der Waals surface area contributed by atoms with Crippen molar-refractivity contribution in [3.8, 4) is 17.2 Å². The second kappa shape index (κ2) is 9.55. The average Bonchev–Trinajstić information content (AvgIpc) is 2.75. The zero-order valence-corrected chi connectivity index (χ0v) is 16.3. The van der Waals surface area contributed by atoms with Gasteiger partial charge in [-0.3, -0.25) is 4.79 Å². The van der Waals surface area contributed by atoms with Gasteiger partial charge in [-0.2, -0.15) is 0 Å². The molecule has 0 aromatic heterocycles. The van der Waals surface area contributed by atoms with Crippen molar-refractivity contribution in [2.24, 2.45) is 0 Å². The van der Waals surface area contributed by atoms with Crippen molar-refractivity contribution in [3.05, 3.63) is 90.0 Å². The van der Waals surface area contributed by atoms with Gasteiger partial charge < -0.3 is 14.2 Å². The Kier molecular flexibility index (Phi) is 6.63. The number of hydrogen-bond donors (Lipinski definition) is 0. The third-order valence-electron chi connectivity index (χ3n) is 4.17. The number of carbonyl (C=O) groups excluding carboxylic acids is 2. The number of ketones is 1. The Morgan fingerprint density at radius 3 is 1.93 bits per heavy atom. The predicted molar refractivity (Wildman–Crippen MR) is 110 cm³/mol. The predicted octanol–water partition coefficient (Wildman–Crippen LogP) is 5.31. The quantitative estimate of drug-likeness (QED) is 0.385. The summed E-state index contributed by atoms with van der Waals surface area (Å²) in [4.78, 5) is 24.9. The Morgan fingerprint density at radius 1 is 0.759 bits per heavy atom. The summed E-state index contributed by atoms with van der Waals surface area (Å²) in [7, 11) is 0. The molecule has 0 heterocycles. The Balaban J connectivity index is 1.59. The molecule has 0 aliphatic rings. The van der Waals surface area contributed by atoms with Crippen molar-refractivity contribution in [2.45, 2.75) is 20.0 Å². The molecular weight excluding hydrogens is 368 g/mol. The number of Topliss-reactive ketones (excluding diaryl/α,β-unsaturated/α-hetero) is 1. The SMILES string of the molecule is CCOc1ccc(C(=O)[C@@H](C)OC(=O)c2ccc(Oc3ccccc3)cc2)cc1. The highest BCUT2D eigenvalue weighted by molar-refractivity contribution is 6.01. The fraction of sp³-hybridized carbons (Fsp3) is 0.167. The lowest BCUT2D eigenvalue weighted by atomic mass is 10.1. The Bertz CT molecular complexity index is 947. The molecule has 0 bridgehead atoms. The van der Waals surface area contributed by atoms with Gasteiger partial charge in [0.15, 0.2) is 6.10 Å². The van der Waals surface area contributed by atoms with Gasteiger partial charge in [0, 0.05) is 5.56 Å². The minimum atomic E-state index is -0.902. The van der Waals surface area contributed by atoms with E-state index >= 15 is 0 Å². The van der Waals surface area contributed by atoms with E-state index < -0.39 is 12.1 Å². The summed E-state index contributed by atoms with van der Waals surface area (Å²) in [5.41, 5.74) is 0.803. The Hall–Kier alpha value is -3.60. The average molecular weight is 390 g/mol. The van der Waals surface area contributed by atoms with E-state index in [1.54, 1.807) is 55.5 Å². The highest BCUT2D eigenvalue weighted by Crippen LogP contribution is 2.22. The molecule has 0 unspecified atom stereocenters. The molecule has 3 rings (SSSR count). The molecule has 3 aromatic carbocycles. The summed E-state index contributed by atoms with van der Waals surface area (Å²) in [5, 5.41) is 0. The first-order valence-corrected chi connectivity index (χ1v) is 9.38. The number of para-hydroxylation sites is 1. The number of esters is 1. The number of rotatable bonds is 8. The van der Waals surface area contributed by atoms with Gasteiger partial charge in [-0.1, -0.05) is 18.2 Å². The van der Waals surface area contributed by atoms with E-state index in [0.29, 0.717) is 35.0 Å². The van der Waals surface area contributed by atoms with Gasteiger partial charge in [0.05, 0.1) is 12.2 Å². The molecule has 0 spiro atoms. The first-order valence-electron chi connectivity index (χ1n) is 9.38. The van der Waals surface area contributed by atoms with Crippen LogP contribution < -0.4 is 9.47 Å². The fourth-order valence-electron chi connectivity index (χ4n) is 2.68. The van der Waals surface area contributed by atoms with E-state index in [1.807, 2.05) is 37.3 Å². The van der Waals surface area contributed by atoms with E-state index in [1.165, 1.54) is 0 Å². The lowest BCUT2D eigenvalue weighted by Crippen LogP contribution is -2.24. The molecule has 5 heteroatoms. The molecule has 0 aliphatic heterocycles. The van der Waals surface area contributed by atoms with Crippen LogP contribution in [0.5, 0.6) is 17.2 Å². The van der Waals surface area contributed by atoms with Crippen LogP contribution in [0.3, 0.4) is 0 Å². The van der Waals surface area contributed by atoms with Gasteiger partial charge >= 0.3 is 5.97 Å². The third-order valence-corrected chi connectivity index (χ3v) is 4.17. The maximum atomic E-state index is 12.5. The van der Waals surface area contributed by atoms with E-state index in [9.17, 15) is 9.59 Å². The normalized spacial score (nSPS) is 11.4. The summed E-state index contributed by atoms with van der Waals surface area (Å²) in [6, 6.07) is 22.7. The molecule has 0 saturated heterocycles. The number of hydrogen-bond acceptors (Lipinski definition) is 5. The minimum Gasteiger partial charge on any atom is -0.494 e. The zero-order valence-electron chi connectivity index (χ0n) is 16.3. The van der Waals surface area contributed by atoms with E-state index in [-0.39, 0.29) is 5.78 Å². The van der Waals surface area contributed by atoms with Crippen LogP contribution in [0.25, 0.3) is 0 Å². The van der Waals surface area contributed by atoms with Crippen LogP contribution >= 0.6 is 0 Å². The number of carbonyl (C=O) groups is 2. The number of benzene rings is 3. The summed E-state index contributed by atoms with van der Waals surface area (Å²) in [6.07, 6.45) is -0.902. The highest BCUT2D eigenvalue weighted by atomic mass is 16.5. The van der Waals surface area contributed by atoms with Crippen molar-refractivity contribution in [3.63, 3.8) is 0 Å². The molecule has 0 fully saturated rings. The van der Waals surface area contributed by atoms with Gasteiger partial charge in [0.1, 0.15) is 17.2 Å². The van der Waals surface area contributed by atoms with Gasteiger partial charge in [-0.15, -0.1) is 0 Å². The molecule has 0 amide bonds. The van der Waals surface area contributed by atoms with Crippen LogP contribution in [0.2, 0.25) is 0 Å². The molecule has 0 saturated carbocycles. The lowest BCUT2D eigenvalue weighted by molar-refractivity contribution is 0.0319. The van der Waals surface area contributed by atoms with Gasteiger partial charge in [0.2, 0.25) is 5.78 Å². The van der Waals surface area contributed by atoms with Crippen LogP contribution in [0, 0.1) is 0 Å². The second-order valence-electron chi connectivity index (χ2n) is 6.31. The van der Waals surface area contributed by atoms with E-state index in [0.717, 1.165) is 0 Å². The molecule has 29 heavy (non-hydrogen) atoms. The monoisotopic (exact) mass is 390 g/mol. The van der Waals surface area contributed by atoms with Crippen molar-refractivity contribution in [2.75, 3.05) is 6.61 Å². The van der Waals surface area contributed by atoms with Crippen LogP contribution in [-0.4, -0.2) is 24.5 Å². The summed E-state index contributed by atoms with van der Waals surface area (Å²) < 4.78 is 16.4. The molecule has 0 aliphatic carbocycles. The molecule has 0 radical (unpaired) electrons. The third kappa shape index (κ3) is 5.45. The van der Waals surface area contributed by atoms with E-state index in [2.05, 4.69) is 0 Å². The van der Waals surface area contributed by atoms with Crippen LogP contribution in [0.1, 0.15) is 34.6 Å². The van der Waals surface area contributed by atoms with Crippen LogP contribution in [0.4, 0.5) is 0 Å². The van der Waals surface area contributed by atoms with Gasteiger partial charge in [-0.25, -0.2) is 4.79 Å². The number of ether oxygens (including phenoxy) is 3. The van der Waals surface area contributed by atoms with Crippen molar-refractivity contribution >= 4 is 11.8 Å². The molecular formula is C24H22O5. The maximum Gasteiger partial charge on any atom is 0.338 e. The molecule has 1 atom stereocenters. The van der Waals surface area contributed by atoms with Crippen molar-refractivity contribution in [1.82, 2.24) is 0 Å². The van der Waals surface area contributed by atoms with Crippen molar-refractivity contribution in [1.29, 1.82) is 0 Å². The van der Waals surface area contributed by atoms with Gasteiger partial charge in [-0.05, 0) is 74.5 Å². The van der Waals surface area contributed by atoms with Crippen LogP contribution in [0.15, 0.2) is 78.9 Å². The largest absolute Gasteiger partial charge is 0.494 e. The second-order valence-corrected chi connectivity index (χ2v) is 6.31. The topological polar surface area (TPSA) is 61.8 Å². The Morgan fingerprint density at radius 2 is 1.31 bits per heavy atom. The summed E-state index contributed by atoms with van der Waals surface area (Å²) >= 11 is 0. The molecule has 148 valence electrons. The summed E-state index contributed by atoms with van der Waals surface area (Å²) in [5.74, 6) is 1.16. The van der Waals surface area contributed by atoms with Crippen molar-refractivity contribution < 1.29 is 23.8 Å². The highest BCUT2D eigenvalue weighted by Gasteiger charge is 2.20. The molecule has 5 nitrogen and oxygen atoms in total. The summed E-state index contributed by atoms with van der Waals surface area (Å²) in [6.45, 7) is 4.00. The zero-order chi connectivity index (χ0) is 20.6.